The van der Waals surface area contributed by atoms with Crippen LogP contribution < -0.4 is 27.2 Å². The Bertz CT molecular complexity index is 1450. The minimum absolute atomic E-state index is 0.0382. The van der Waals surface area contributed by atoms with E-state index in [4.69, 9.17) is 10.8 Å². The van der Waals surface area contributed by atoms with Crippen molar-refractivity contribution in [2.45, 2.75) is 13.1 Å². The van der Waals surface area contributed by atoms with E-state index in [9.17, 15) is 23.6 Å². The number of amides is 1. The smallest absolute Gasteiger partial charge is 0.374 e. The molecule has 0 radical (unpaired) electrons. The van der Waals surface area contributed by atoms with Crippen LogP contribution in [0.5, 0.6) is 0 Å². The number of aromatic nitrogens is 4. The van der Waals surface area contributed by atoms with Gasteiger partial charge in [-0.15, -0.1) is 0 Å². The summed E-state index contributed by atoms with van der Waals surface area (Å²) in [6, 6.07) is 5.50. The van der Waals surface area contributed by atoms with Crippen molar-refractivity contribution in [3.63, 3.8) is 0 Å². The minimum atomic E-state index is -1.40. The van der Waals surface area contributed by atoms with Crippen molar-refractivity contribution in [2.75, 3.05) is 11.1 Å². The Hall–Kier alpha value is -4.68. The van der Waals surface area contributed by atoms with Crippen LogP contribution in [-0.2, 0) is 13.1 Å². The second kappa shape index (κ2) is 7.86. The first-order valence-electron chi connectivity index (χ1n) is 9.09. The Labute approximate surface area is 177 Å². The van der Waals surface area contributed by atoms with Gasteiger partial charge in [0.2, 0.25) is 11.6 Å². The third kappa shape index (κ3) is 3.62. The third-order valence-electron chi connectivity index (χ3n) is 4.62. The molecule has 4 rings (SSSR count). The van der Waals surface area contributed by atoms with Crippen LogP contribution in [0.2, 0.25) is 0 Å². The molecule has 0 aliphatic rings. The van der Waals surface area contributed by atoms with Crippen molar-refractivity contribution >= 4 is 28.9 Å². The Morgan fingerprint density at radius 2 is 1.91 bits per heavy atom. The zero-order chi connectivity index (χ0) is 23.0. The Kier molecular flexibility index (Phi) is 5.06. The van der Waals surface area contributed by atoms with Gasteiger partial charge in [-0.25, -0.2) is 14.2 Å². The minimum Gasteiger partial charge on any atom is -0.475 e. The number of nitrogen functional groups attached to an aromatic ring is 1. The summed E-state index contributed by atoms with van der Waals surface area (Å²) in [4.78, 5) is 53.9. The molecule has 4 aromatic rings. The molecule has 0 aliphatic heterocycles. The van der Waals surface area contributed by atoms with E-state index in [1.165, 1.54) is 30.5 Å². The molecule has 2 aromatic carbocycles. The number of carboxylic acid groups (broad SMARTS) is 1. The molecule has 13 heteroatoms. The molecule has 12 nitrogen and oxygen atoms in total. The average Bonchev–Trinajstić information content (AvgIpc) is 3.26. The average molecular weight is 439 g/mol. The summed E-state index contributed by atoms with van der Waals surface area (Å²) in [6.07, 6.45) is 1.34. The maximum Gasteiger partial charge on any atom is 0.374 e. The maximum absolute atomic E-state index is 14.1. The highest BCUT2D eigenvalue weighted by Crippen LogP contribution is 2.15. The number of nitrogens with two attached hydrogens (primary N) is 1. The number of carbonyl (C=O) groups is 2. The summed E-state index contributed by atoms with van der Waals surface area (Å²) in [6.45, 7) is -0.145. The third-order valence-corrected chi connectivity index (χ3v) is 4.62. The van der Waals surface area contributed by atoms with E-state index in [1.54, 1.807) is 0 Å². The number of hydrogen-bond donors (Lipinski definition) is 4. The first-order valence-corrected chi connectivity index (χ1v) is 9.09. The summed E-state index contributed by atoms with van der Waals surface area (Å²) >= 11 is 0. The molecule has 0 aliphatic carbocycles. The number of aromatic carboxylic acids is 1. The number of halogens is 1. The number of hydrogen-bond acceptors (Lipinski definition) is 9. The Balaban J connectivity index is 1.49. The van der Waals surface area contributed by atoms with Gasteiger partial charge in [0.1, 0.15) is 17.2 Å². The molecule has 0 saturated carbocycles. The number of nitrogens with one attached hydrogen (secondary N) is 2. The predicted molar refractivity (Wildman–Crippen MR) is 108 cm³/mol. The maximum atomic E-state index is 14.1. The lowest BCUT2D eigenvalue weighted by Crippen LogP contribution is -2.37. The predicted octanol–water partition coefficient (Wildman–Crippen LogP) is -0.318. The molecular weight excluding hydrogens is 425 g/mol. The van der Waals surface area contributed by atoms with E-state index in [0.29, 0.717) is 5.56 Å². The molecule has 2 heterocycles. The van der Waals surface area contributed by atoms with E-state index in [1.807, 2.05) is 0 Å². The zero-order valence-electron chi connectivity index (χ0n) is 16.1. The number of anilines is 2. The van der Waals surface area contributed by atoms with Crippen LogP contribution in [0.3, 0.4) is 0 Å². The van der Waals surface area contributed by atoms with Crippen LogP contribution in [0.4, 0.5) is 15.8 Å². The number of carboxylic acids is 1. The molecule has 0 spiro atoms. The highest BCUT2D eigenvalue weighted by Gasteiger charge is 2.20. The summed E-state index contributed by atoms with van der Waals surface area (Å²) in [7, 11) is 0. The van der Waals surface area contributed by atoms with Gasteiger partial charge in [0.25, 0.3) is 16.8 Å². The van der Waals surface area contributed by atoms with Crippen molar-refractivity contribution < 1.29 is 19.1 Å². The van der Waals surface area contributed by atoms with Crippen LogP contribution >= 0.6 is 0 Å². The van der Waals surface area contributed by atoms with Crippen LogP contribution in [0, 0.1) is 5.82 Å². The first-order chi connectivity index (χ1) is 15.3. The van der Waals surface area contributed by atoms with E-state index in [2.05, 4.69) is 25.7 Å². The van der Waals surface area contributed by atoms with Gasteiger partial charge in [-0.2, -0.15) is 14.6 Å². The van der Waals surface area contributed by atoms with Gasteiger partial charge < -0.3 is 21.5 Å². The Morgan fingerprint density at radius 1 is 1.12 bits per heavy atom. The van der Waals surface area contributed by atoms with Crippen LogP contribution in [-0.4, -0.2) is 36.6 Å². The van der Waals surface area contributed by atoms with Gasteiger partial charge in [-0.05, 0) is 17.7 Å². The topological polar surface area (TPSA) is 182 Å². The molecule has 162 valence electrons. The van der Waals surface area contributed by atoms with Gasteiger partial charge in [0.05, 0.1) is 6.20 Å². The molecule has 2 aromatic heterocycles. The fraction of sp³-hybridized carbons (Fsp3) is 0.105. The van der Waals surface area contributed by atoms with Crippen LogP contribution in [0.15, 0.2) is 40.1 Å². The van der Waals surface area contributed by atoms with Crippen LogP contribution in [0.1, 0.15) is 32.4 Å². The first kappa shape index (κ1) is 20.6. The quantitative estimate of drug-likeness (QED) is 0.279. The normalized spacial score (nSPS) is 11.0. The standard InChI is InChI=1S/C19H14FN7O5/c20-10-2-1-8(5-9(10)7-22-13-12(21)14(28)15(13)29)6-23-18(30)17-26-16(19(31)32)25-11-3-4-24-27(11)17/h1-5,22H,6-7,21H2,(H,23,30)(H,31,32). The molecule has 0 bridgehead atoms. The largest absolute Gasteiger partial charge is 0.475 e. The monoisotopic (exact) mass is 439 g/mol. The van der Waals surface area contributed by atoms with Crippen molar-refractivity contribution in [1.29, 1.82) is 0 Å². The van der Waals surface area contributed by atoms with Gasteiger partial charge in [0, 0.05) is 24.7 Å². The van der Waals surface area contributed by atoms with Crippen molar-refractivity contribution in [3.05, 3.63) is 79.5 Å². The number of nitrogens with zero attached hydrogens (tertiary/aromatic N) is 4. The molecule has 5 N–H and O–H groups in total. The molecule has 0 saturated heterocycles. The van der Waals surface area contributed by atoms with Gasteiger partial charge in [-0.1, -0.05) is 6.07 Å². The number of carbonyl (C=O) groups excluding carboxylic acids is 1. The lowest BCUT2D eigenvalue weighted by molar-refractivity contribution is 0.0683. The number of rotatable bonds is 7. The van der Waals surface area contributed by atoms with Gasteiger partial charge in [0.15, 0.2) is 5.65 Å². The van der Waals surface area contributed by atoms with Crippen molar-refractivity contribution in [1.82, 2.24) is 24.9 Å². The molecule has 1 amide bonds. The summed E-state index contributed by atoms with van der Waals surface area (Å²) in [5.41, 5.74) is 4.45. The Morgan fingerprint density at radius 3 is 2.62 bits per heavy atom. The lowest BCUT2D eigenvalue weighted by Gasteiger charge is -2.12. The second-order valence-electron chi connectivity index (χ2n) is 6.69. The molecule has 0 fully saturated rings. The zero-order valence-corrected chi connectivity index (χ0v) is 16.1. The van der Waals surface area contributed by atoms with E-state index in [-0.39, 0.29) is 41.5 Å². The highest BCUT2D eigenvalue weighted by atomic mass is 19.1. The SMILES string of the molecule is Nc1c(NCc2cc(CNC(=O)c3nc(C(=O)O)nc4ccnn34)ccc2F)c(=O)c1=O. The number of fused-ring (bicyclic) bond motifs is 1. The van der Waals surface area contributed by atoms with E-state index in [0.717, 1.165) is 4.52 Å². The summed E-state index contributed by atoms with van der Waals surface area (Å²) in [5, 5.41) is 18.2. The summed E-state index contributed by atoms with van der Waals surface area (Å²) in [5.74, 6) is -3.53. The number of benzene rings is 1. The van der Waals surface area contributed by atoms with E-state index >= 15 is 0 Å². The molecule has 0 atom stereocenters. The highest BCUT2D eigenvalue weighted by molar-refractivity contribution is 5.92. The van der Waals surface area contributed by atoms with Crippen molar-refractivity contribution in [3.8, 4) is 0 Å². The second-order valence-corrected chi connectivity index (χ2v) is 6.69. The van der Waals surface area contributed by atoms with Crippen LogP contribution in [0.25, 0.3) is 5.65 Å². The molecule has 32 heavy (non-hydrogen) atoms. The molecular formula is C19H14FN7O5. The fourth-order valence-corrected chi connectivity index (χ4v) is 2.97. The van der Waals surface area contributed by atoms with Gasteiger partial charge in [-0.3, -0.25) is 14.4 Å². The summed E-state index contributed by atoms with van der Waals surface area (Å²) < 4.78 is 15.2. The van der Waals surface area contributed by atoms with Gasteiger partial charge >= 0.3 is 5.97 Å². The fourth-order valence-electron chi connectivity index (χ4n) is 2.97. The molecule has 0 unspecified atom stereocenters. The van der Waals surface area contributed by atoms with E-state index < -0.39 is 34.4 Å². The lowest BCUT2D eigenvalue weighted by atomic mass is 10.1. The van der Waals surface area contributed by atoms with Crippen molar-refractivity contribution in [2.24, 2.45) is 0 Å².